The molecule has 2 rings (SSSR count). The molecule has 2 heterocycles. The lowest BCUT2D eigenvalue weighted by molar-refractivity contribution is 0.104. The molecule has 0 saturated heterocycles. The molecule has 84 valence electrons. The van der Waals surface area contributed by atoms with Crippen molar-refractivity contribution in [1.29, 1.82) is 0 Å². The molecule has 0 amide bonds. The van der Waals surface area contributed by atoms with Crippen LogP contribution in [0.4, 0.5) is 0 Å². The number of carbonyl (C=O) groups excluding carboxylic acids is 1. The summed E-state index contributed by atoms with van der Waals surface area (Å²) in [4.78, 5) is 15.5. The minimum absolute atomic E-state index is 0.0674. The van der Waals surface area contributed by atoms with Gasteiger partial charge in [-0.3, -0.25) is 9.78 Å². The molecule has 0 unspecified atom stereocenters. The number of aromatic nitrogens is 1. The third-order valence-electron chi connectivity index (χ3n) is 2.11. The Morgan fingerprint density at radius 3 is 2.88 bits per heavy atom. The third-order valence-corrected chi connectivity index (χ3v) is 2.11. The maximum Gasteiger partial charge on any atom is 0.187 e. The van der Waals surface area contributed by atoms with E-state index in [-0.39, 0.29) is 5.78 Å². The highest BCUT2D eigenvalue weighted by Gasteiger charge is 1.98. The van der Waals surface area contributed by atoms with Gasteiger partial charge in [-0.05, 0) is 36.4 Å². The molecular formula is C14H11NO2. The first-order valence-corrected chi connectivity index (χ1v) is 5.19. The molecule has 0 spiro atoms. The van der Waals surface area contributed by atoms with Crippen LogP contribution in [-0.4, -0.2) is 10.8 Å². The average Bonchev–Trinajstić information content (AvgIpc) is 2.88. The van der Waals surface area contributed by atoms with Crippen molar-refractivity contribution in [2.75, 3.05) is 0 Å². The van der Waals surface area contributed by atoms with Gasteiger partial charge in [0.25, 0.3) is 0 Å². The second kappa shape index (κ2) is 5.61. The number of rotatable bonds is 4. The summed E-state index contributed by atoms with van der Waals surface area (Å²) in [6.45, 7) is 0. The molecule has 0 radical (unpaired) electrons. The molecule has 3 heteroatoms. The zero-order valence-electron chi connectivity index (χ0n) is 9.11. The number of ketones is 1. The summed E-state index contributed by atoms with van der Waals surface area (Å²) in [6.07, 6.45) is 11.5. The fourth-order valence-electron chi connectivity index (χ4n) is 1.28. The quantitative estimate of drug-likeness (QED) is 0.456. The summed E-state index contributed by atoms with van der Waals surface area (Å²) in [5.74, 6) is 0.686. The van der Waals surface area contributed by atoms with Crippen LogP contribution >= 0.6 is 0 Å². The summed E-state index contributed by atoms with van der Waals surface area (Å²) in [5, 5.41) is 0. The number of pyridine rings is 1. The van der Waals surface area contributed by atoms with Crippen LogP contribution in [0.1, 0.15) is 16.1 Å². The summed E-state index contributed by atoms with van der Waals surface area (Å²) in [6, 6.07) is 7.12. The standard InChI is InChI=1S/C14H11NO2/c16-14(12-5-3-9-15-11-12)8-2-1-6-13-7-4-10-17-13/h1-11H/b6-1+,8-2+. The number of carbonyl (C=O) groups is 1. The highest BCUT2D eigenvalue weighted by molar-refractivity contribution is 6.04. The molecule has 2 aromatic heterocycles. The molecule has 0 saturated carbocycles. The van der Waals surface area contributed by atoms with Gasteiger partial charge in [-0.2, -0.15) is 0 Å². The van der Waals surface area contributed by atoms with Crippen LogP contribution in [0.5, 0.6) is 0 Å². The van der Waals surface area contributed by atoms with Crippen LogP contribution in [0.25, 0.3) is 6.08 Å². The van der Waals surface area contributed by atoms with Crippen molar-refractivity contribution < 1.29 is 9.21 Å². The van der Waals surface area contributed by atoms with Crippen molar-refractivity contribution >= 4 is 11.9 Å². The SMILES string of the molecule is O=C(/C=C/C=C/c1ccco1)c1cccnc1. The highest BCUT2D eigenvalue weighted by atomic mass is 16.3. The van der Waals surface area contributed by atoms with Gasteiger partial charge in [0.1, 0.15) is 5.76 Å². The van der Waals surface area contributed by atoms with E-state index in [0.717, 1.165) is 5.76 Å². The van der Waals surface area contributed by atoms with E-state index in [2.05, 4.69) is 4.98 Å². The Kier molecular flexibility index (Phi) is 3.65. The van der Waals surface area contributed by atoms with Crippen LogP contribution < -0.4 is 0 Å². The van der Waals surface area contributed by atoms with E-state index in [4.69, 9.17) is 4.42 Å². The maximum absolute atomic E-state index is 11.6. The smallest absolute Gasteiger partial charge is 0.187 e. The zero-order chi connectivity index (χ0) is 11.9. The first-order valence-electron chi connectivity index (χ1n) is 5.19. The van der Waals surface area contributed by atoms with Crippen LogP contribution in [0.3, 0.4) is 0 Å². The molecule has 17 heavy (non-hydrogen) atoms. The van der Waals surface area contributed by atoms with Gasteiger partial charge in [0, 0.05) is 18.0 Å². The van der Waals surface area contributed by atoms with Crippen LogP contribution in [0, 0.1) is 0 Å². The molecule has 0 aliphatic carbocycles. The molecule has 0 fully saturated rings. The van der Waals surface area contributed by atoms with E-state index in [1.54, 1.807) is 49.0 Å². The van der Waals surface area contributed by atoms with Crippen molar-refractivity contribution in [3.05, 3.63) is 72.5 Å². The first kappa shape index (κ1) is 11.1. The number of nitrogens with zero attached hydrogens (tertiary/aromatic N) is 1. The lowest BCUT2D eigenvalue weighted by atomic mass is 10.2. The fourth-order valence-corrected chi connectivity index (χ4v) is 1.28. The largest absolute Gasteiger partial charge is 0.465 e. The molecule has 0 aromatic carbocycles. The van der Waals surface area contributed by atoms with Crippen molar-refractivity contribution in [2.45, 2.75) is 0 Å². The van der Waals surface area contributed by atoms with E-state index < -0.39 is 0 Å². The van der Waals surface area contributed by atoms with E-state index in [1.807, 2.05) is 12.1 Å². The number of allylic oxidation sites excluding steroid dienone is 3. The van der Waals surface area contributed by atoms with E-state index in [9.17, 15) is 4.79 Å². The minimum Gasteiger partial charge on any atom is -0.465 e. The Morgan fingerprint density at radius 2 is 2.18 bits per heavy atom. The topological polar surface area (TPSA) is 43.1 Å². The number of furan rings is 1. The van der Waals surface area contributed by atoms with E-state index in [1.165, 1.54) is 6.08 Å². The van der Waals surface area contributed by atoms with Gasteiger partial charge in [0.15, 0.2) is 5.78 Å². The monoisotopic (exact) mass is 225 g/mol. The van der Waals surface area contributed by atoms with Crippen molar-refractivity contribution in [3.8, 4) is 0 Å². The van der Waals surface area contributed by atoms with Crippen LogP contribution in [0.2, 0.25) is 0 Å². The van der Waals surface area contributed by atoms with Gasteiger partial charge in [-0.25, -0.2) is 0 Å². The number of hydrogen-bond acceptors (Lipinski definition) is 3. The Bertz CT molecular complexity index is 525. The normalized spacial score (nSPS) is 11.3. The molecule has 0 bridgehead atoms. The Hall–Kier alpha value is -2.42. The molecule has 0 atom stereocenters. The second-order valence-corrected chi connectivity index (χ2v) is 3.34. The van der Waals surface area contributed by atoms with Gasteiger partial charge in [0.2, 0.25) is 0 Å². The molecule has 0 N–H and O–H groups in total. The Morgan fingerprint density at radius 1 is 1.24 bits per heavy atom. The minimum atomic E-state index is -0.0674. The Balaban J connectivity index is 1.96. The molecular weight excluding hydrogens is 214 g/mol. The van der Waals surface area contributed by atoms with Crippen molar-refractivity contribution in [2.24, 2.45) is 0 Å². The van der Waals surface area contributed by atoms with Gasteiger partial charge in [-0.15, -0.1) is 0 Å². The summed E-state index contributed by atoms with van der Waals surface area (Å²) in [7, 11) is 0. The molecule has 3 nitrogen and oxygen atoms in total. The molecule has 2 aromatic rings. The highest BCUT2D eigenvalue weighted by Crippen LogP contribution is 2.03. The third kappa shape index (κ3) is 3.28. The van der Waals surface area contributed by atoms with E-state index in [0.29, 0.717) is 5.56 Å². The first-order chi connectivity index (χ1) is 8.36. The fraction of sp³-hybridized carbons (Fsp3) is 0. The predicted molar refractivity (Wildman–Crippen MR) is 65.4 cm³/mol. The molecule has 0 aliphatic rings. The molecule has 0 aliphatic heterocycles. The van der Waals surface area contributed by atoms with Crippen molar-refractivity contribution in [1.82, 2.24) is 4.98 Å². The zero-order valence-corrected chi connectivity index (χ0v) is 9.11. The van der Waals surface area contributed by atoms with Crippen LogP contribution in [-0.2, 0) is 0 Å². The second-order valence-electron chi connectivity index (χ2n) is 3.34. The van der Waals surface area contributed by atoms with Crippen LogP contribution in [0.15, 0.2) is 65.6 Å². The van der Waals surface area contributed by atoms with Gasteiger partial charge >= 0.3 is 0 Å². The maximum atomic E-state index is 11.6. The lowest BCUT2D eigenvalue weighted by Gasteiger charge is -1.91. The number of hydrogen-bond donors (Lipinski definition) is 0. The predicted octanol–water partition coefficient (Wildman–Crippen LogP) is 3.13. The summed E-state index contributed by atoms with van der Waals surface area (Å²) < 4.78 is 5.11. The summed E-state index contributed by atoms with van der Waals surface area (Å²) >= 11 is 0. The average molecular weight is 225 g/mol. The van der Waals surface area contributed by atoms with Gasteiger partial charge in [-0.1, -0.05) is 12.2 Å². The Labute approximate surface area is 99.1 Å². The van der Waals surface area contributed by atoms with E-state index >= 15 is 0 Å². The lowest BCUT2D eigenvalue weighted by Crippen LogP contribution is -1.93. The van der Waals surface area contributed by atoms with Gasteiger partial charge < -0.3 is 4.42 Å². The van der Waals surface area contributed by atoms with Gasteiger partial charge in [0.05, 0.1) is 6.26 Å². The summed E-state index contributed by atoms with van der Waals surface area (Å²) in [5.41, 5.74) is 0.579. The van der Waals surface area contributed by atoms with Crippen molar-refractivity contribution in [3.63, 3.8) is 0 Å².